The second kappa shape index (κ2) is 6.37. The Morgan fingerprint density at radius 2 is 1.70 bits per heavy atom. The first-order valence-electron chi connectivity index (χ1n) is 6.81. The van der Waals surface area contributed by atoms with Crippen molar-refractivity contribution in [1.82, 2.24) is 10.3 Å². The zero-order chi connectivity index (χ0) is 13.9. The van der Waals surface area contributed by atoms with Crippen LogP contribution in [-0.2, 0) is 0 Å². The van der Waals surface area contributed by atoms with Crippen molar-refractivity contribution in [2.24, 2.45) is 0 Å². The van der Waals surface area contributed by atoms with E-state index in [1.54, 1.807) is 0 Å². The number of nitrogens with one attached hydrogen (secondary N) is 1. The van der Waals surface area contributed by atoms with Crippen molar-refractivity contribution < 1.29 is 0 Å². The van der Waals surface area contributed by atoms with Crippen molar-refractivity contribution >= 4 is 31.9 Å². The Balaban J connectivity index is 1.90. The van der Waals surface area contributed by atoms with Crippen LogP contribution in [0.3, 0.4) is 0 Å². The van der Waals surface area contributed by atoms with Crippen molar-refractivity contribution in [3.63, 3.8) is 0 Å². The summed E-state index contributed by atoms with van der Waals surface area (Å²) in [5, 5.41) is 3.51. The molecule has 4 heteroatoms. The van der Waals surface area contributed by atoms with Gasteiger partial charge >= 0.3 is 0 Å². The molecule has 2 unspecified atom stereocenters. The molecule has 0 aliphatic carbocycles. The predicted molar refractivity (Wildman–Crippen MR) is 89.0 cm³/mol. The minimum atomic E-state index is 0.491. The van der Waals surface area contributed by atoms with Crippen LogP contribution in [0.2, 0.25) is 0 Å². The van der Waals surface area contributed by atoms with Gasteiger partial charge in [-0.1, -0.05) is 28.1 Å². The molecular weight excluding hydrogens is 380 g/mol. The molecule has 1 aromatic carbocycles. The third-order valence-electron chi connectivity index (χ3n) is 3.91. The van der Waals surface area contributed by atoms with Gasteiger partial charge < -0.3 is 5.32 Å². The molecule has 0 bridgehead atoms. The fourth-order valence-electron chi connectivity index (χ4n) is 2.88. The smallest absolute Gasteiger partial charge is 0.0442 e. The lowest BCUT2D eigenvalue weighted by Gasteiger charge is -2.32. The van der Waals surface area contributed by atoms with Gasteiger partial charge in [-0.15, -0.1) is 0 Å². The highest BCUT2D eigenvalue weighted by molar-refractivity contribution is 9.10. The fourth-order valence-corrected chi connectivity index (χ4v) is 3.38. The Labute approximate surface area is 136 Å². The summed E-state index contributed by atoms with van der Waals surface area (Å²) in [7, 11) is 0. The van der Waals surface area contributed by atoms with Gasteiger partial charge in [-0.3, -0.25) is 4.98 Å². The first kappa shape index (κ1) is 14.2. The van der Waals surface area contributed by atoms with Crippen molar-refractivity contribution in [2.45, 2.75) is 18.3 Å². The van der Waals surface area contributed by atoms with Gasteiger partial charge in [0, 0.05) is 39.2 Å². The van der Waals surface area contributed by atoms with Crippen LogP contribution < -0.4 is 5.32 Å². The maximum Gasteiger partial charge on any atom is 0.0442 e. The number of halogens is 2. The first-order chi connectivity index (χ1) is 9.74. The number of piperidine rings is 1. The Morgan fingerprint density at radius 3 is 2.40 bits per heavy atom. The summed E-state index contributed by atoms with van der Waals surface area (Å²) in [6.45, 7) is 2.08. The number of hydrogen-bond donors (Lipinski definition) is 1. The summed E-state index contributed by atoms with van der Waals surface area (Å²) in [6.07, 6.45) is 3.03. The average Bonchev–Trinajstić information content (AvgIpc) is 2.49. The van der Waals surface area contributed by atoms with Crippen LogP contribution >= 0.6 is 31.9 Å². The fraction of sp³-hybridized carbons (Fsp3) is 0.312. The van der Waals surface area contributed by atoms with Crippen molar-refractivity contribution in [3.05, 3.63) is 62.8 Å². The molecular formula is C16H16Br2N2. The van der Waals surface area contributed by atoms with Crippen LogP contribution in [0, 0.1) is 0 Å². The van der Waals surface area contributed by atoms with Crippen LogP contribution in [0.15, 0.2) is 51.5 Å². The van der Waals surface area contributed by atoms with Gasteiger partial charge in [-0.2, -0.15) is 0 Å². The van der Waals surface area contributed by atoms with E-state index in [9.17, 15) is 0 Å². The molecule has 1 aliphatic rings. The largest absolute Gasteiger partial charge is 0.316 e. The Morgan fingerprint density at radius 1 is 0.950 bits per heavy atom. The van der Waals surface area contributed by atoms with E-state index in [4.69, 9.17) is 0 Å². The lowest BCUT2D eigenvalue weighted by molar-refractivity contribution is 0.398. The van der Waals surface area contributed by atoms with Crippen LogP contribution in [-0.4, -0.2) is 18.1 Å². The summed E-state index contributed by atoms with van der Waals surface area (Å²) >= 11 is 6.96. The summed E-state index contributed by atoms with van der Waals surface area (Å²) in [6, 6.07) is 12.9. The van der Waals surface area contributed by atoms with E-state index in [2.05, 4.69) is 78.6 Å². The quantitative estimate of drug-likeness (QED) is 0.811. The van der Waals surface area contributed by atoms with E-state index in [1.807, 2.05) is 6.20 Å². The van der Waals surface area contributed by atoms with E-state index >= 15 is 0 Å². The highest BCUT2D eigenvalue weighted by Crippen LogP contribution is 2.36. The zero-order valence-corrected chi connectivity index (χ0v) is 14.2. The van der Waals surface area contributed by atoms with E-state index in [0.717, 1.165) is 28.5 Å². The van der Waals surface area contributed by atoms with Crippen molar-refractivity contribution in [1.29, 1.82) is 0 Å². The molecule has 2 atom stereocenters. The van der Waals surface area contributed by atoms with Crippen LogP contribution in [0.5, 0.6) is 0 Å². The van der Waals surface area contributed by atoms with Gasteiger partial charge in [0.15, 0.2) is 0 Å². The van der Waals surface area contributed by atoms with Gasteiger partial charge in [0.1, 0.15) is 0 Å². The normalized spacial score (nSPS) is 22.7. The van der Waals surface area contributed by atoms with Crippen molar-refractivity contribution in [2.75, 3.05) is 13.1 Å². The number of benzene rings is 1. The number of aromatic nitrogens is 1. The molecule has 1 aromatic heterocycles. The molecule has 0 saturated carbocycles. The van der Waals surface area contributed by atoms with Gasteiger partial charge in [-0.05, 0) is 58.7 Å². The van der Waals surface area contributed by atoms with Gasteiger partial charge in [0.05, 0.1) is 0 Å². The number of pyridine rings is 1. The summed E-state index contributed by atoms with van der Waals surface area (Å²) in [4.78, 5) is 4.61. The van der Waals surface area contributed by atoms with E-state index in [0.29, 0.717) is 11.8 Å². The molecule has 0 amide bonds. The minimum Gasteiger partial charge on any atom is -0.316 e. The molecule has 3 rings (SSSR count). The third-order valence-corrected chi connectivity index (χ3v) is 4.91. The van der Waals surface area contributed by atoms with Crippen molar-refractivity contribution in [3.8, 4) is 0 Å². The lowest BCUT2D eigenvalue weighted by atomic mass is 9.79. The lowest BCUT2D eigenvalue weighted by Crippen LogP contribution is -2.34. The maximum absolute atomic E-state index is 4.61. The zero-order valence-electron chi connectivity index (χ0n) is 11.0. The second-order valence-electron chi connectivity index (χ2n) is 5.16. The third kappa shape index (κ3) is 3.13. The molecule has 1 fully saturated rings. The topological polar surface area (TPSA) is 24.9 Å². The van der Waals surface area contributed by atoms with E-state index in [1.165, 1.54) is 11.3 Å². The Kier molecular flexibility index (Phi) is 4.54. The number of rotatable bonds is 2. The minimum absolute atomic E-state index is 0.491. The highest BCUT2D eigenvalue weighted by atomic mass is 79.9. The van der Waals surface area contributed by atoms with Crippen LogP contribution in [0.25, 0.3) is 0 Å². The molecule has 1 aliphatic heterocycles. The maximum atomic E-state index is 4.61. The van der Waals surface area contributed by atoms with Gasteiger partial charge in [0.25, 0.3) is 0 Å². The van der Waals surface area contributed by atoms with Crippen LogP contribution in [0.4, 0.5) is 0 Å². The summed E-state index contributed by atoms with van der Waals surface area (Å²) < 4.78 is 2.17. The SMILES string of the molecule is Brc1ccc(C2CNCCC2c2ccc(Br)cn2)cc1. The number of hydrogen-bond acceptors (Lipinski definition) is 2. The highest BCUT2D eigenvalue weighted by Gasteiger charge is 2.28. The van der Waals surface area contributed by atoms with E-state index < -0.39 is 0 Å². The second-order valence-corrected chi connectivity index (χ2v) is 6.99. The molecule has 0 radical (unpaired) electrons. The molecule has 1 saturated heterocycles. The molecule has 20 heavy (non-hydrogen) atoms. The summed E-state index contributed by atoms with van der Waals surface area (Å²) in [5.74, 6) is 0.982. The molecule has 2 nitrogen and oxygen atoms in total. The molecule has 104 valence electrons. The first-order valence-corrected chi connectivity index (χ1v) is 8.40. The predicted octanol–water partition coefficient (Wildman–Crippen LogP) is 4.47. The average molecular weight is 396 g/mol. The number of nitrogens with zero attached hydrogens (tertiary/aromatic N) is 1. The Bertz CT molecular complexity index is 513. The molecule has 0 spiro atoms. The molecule has 2 aromatic rings. The Hall–Kier alpha value is -0.710. The van der Waals surface area contributed by atoms with Crippen LogP contribution in [0.1, 0.15) is 29.5 Å². The van der Waals surface area contributed by atoms with E-state index in [-0.39, 0.29) is 0 Å². The van der Waals surface area contributed by atoms with Gasteiger partial charge in [0.2, 0.25) is 0 Å². The van der Waals surface area contributed by atoms with Gasteiger partial charge in [-0.25, -0.2) is 0 Å². The standard InChI is InChI=1S/C16H16Br2N2/c17-12-3-1-11(2-4-12)15-10-19-8-7-14(15)16-6-5-13(18)9-20-16/h1-6,9,14-15,19H,7-8,10H2. The molecule has 2 heterocycles. The monoisotopic (exact) mass is 394 g/mol. The summed E-state index contributed by atoms with van der Waals surface area (Å²) in [5.41, 5.74) is 2.58. The molecule has 1 N–H and O–H groups in total.